The Balaban J connectivity index is 0.00000622. The van der Waals surface area contributed by atoms with Gasteiger partial charge in [0.25, 0.3) is 5.91 Å². The number of anilines is 4. The minimum Gasteiger partial charge on any atom is -0.493 e. The van der Waals surface area contributed by atoms with Gasteiger partial charge in [-0.15, -0.1) is 12.4 Å². The highest BCUT2D eigenvalue weighted by Gasteiger charge is 2.60. The lowest BCUT2D eigenvalue weighted by atomic mass is 9.75. The summed E-state index contributed by atoms with van der Waals surface area (Å²) >= 11 is 12.1. The Hall–Kier alpha value is -5.02. The molecule has 7 rings (SSSR count). The fourth-order valence-electron chi connectivity index (χ4n) is 8.37. The molecule has 3 aliphatic heterocycles. The Morgan fingerprint density at radius 2 is 1.82 bits per heavy atom. The van der Waals surface area contributed by atoms with Gasteiger partial charge in [0.2, 0.25) is 17.7 Å². The van der Waals surface area contributed by atoms with E-state index in [2.05, 4.69) is 25.8 Å². The third-order valence-electron chi connectivity index (χ3n) is 11.9. The minimum atomic E-state index is -4.85. The average molecular weight is 902 g/mol. The highest BCUT2D eigenvalue weighted by atomic mass is 35.5. The lowest BCUT2D eigenvalue weighted by Crippen LogP contribution is -2.55. The number of carbonyl (C=O) groups excluding carboxylic acids is 4. The summed E-state index contributed by atoms with van der Waals surface area (Å²) in [4.78, 5) is 59.7. The van der Waals surface area contributed by atoms with E-state index in [9.17, 15) is 37.6 Å². The molecule has 0 bridgehead atoms. The number of hydrogen-bond acceptors (Lipinski definition) is 10. The second-order valence-electron chi connectivity index (χ2n) is 15.6. The summed E-state index contributed by atoms with van der Waals surface area (Å²) in [5.74, 6) is -0.228. The molecule has 3 aromatic rings. The van der Waals surface area contributed by atoms with Gasteiger partial charge in [-0.2, -0.15) is 18.4 Å². The number of carbonyl (C=O) groups is 4. The fourth-order valence-corrected chi connectivity index (χ4v) is 9.07. The molecule has 3 saturated heterocycles. The van der Waals surface area contributed by atoms with E-state index in [0.29, 0.717) is 66.0 Å². The van der Waals surface area contributed by atoms with Crippen LogP contribution in [0, 0.1) is 17.2 Å². The quantitative estimate of drug-likeness (QED) is 0.123. The first-order valence-corrected chi connectivity index (χ1v) is 20.8. The second kappa shape index (κ2) is 18.5. The molecule has 3 N–H and O–H groups in total. The number of alkyl halides is 3. The van der Waals surface area contributed by atoms with Gasteiger partial charge >= 0.3 is 6.18 Å². The largest absolute Gasteiger partial charge is 0.493 e. The number of ether oxygens (including phenoxy) is 1. The van der Waals surface area contributed by atoms with Crippen LogP contribution in [0.2, 0.25) is 5.02 Å². The Morgan fingerprint density at radius 1 is 1.10 bits per heavy atom. The molecule has 1 aliphatic carbocycles. The number of nitriles is 1. The van der Waals surface area contributed by atoms with Crippen LogP contribution in [-0.2, 0) is 31.8 Å². The zero-order chi connectivity index (χ0) is 42.9. The maximum absolute atomic E-state index is 13.9. The summed E-state index contributed by atoms with van der Waals surface area (Å²) in [6, 6.07) is 11.8. The van der Waals surface area contributed by atoms with E-state index in [1.54, 1.807) is 23.1 Å². The van der Waals surface area contributed by atoms with E-state index in [0.717, 1.165) is 61.5 Å². The summed E-state index contributed by atoms with van der Waals surface area (Å²) in [7, 11) is 0. The molecule has 19 heteroatoms. The average Bonchev–Trinajstić information content (AvgIpc) is 3.44. The molecular weight excluding hydrogens is 856 g/mol. The standard InChI is InChI=1S/C42H44ClF3N8O5S.ClH/c1-3-26-17-30(54-40(60)53(39(58)41(54)12-4-13-41)31-21-32(42(44,45)46)34(22-47)48-23-31)5-7-35(26)59-16-11-25-9-14-52(15-10-25)24(2)37(56)50-29-19-27(43)18-28(20-29)49-33-6-8-36(55)51-38(33)57;/h5,7,17-21,23-25,33,49H,3-4,6,8-16H2,1-2H3,(H,50,56)(H,51,55,57);1H/t24-,33?;/m0./s1. The van der Waals surface area contributed by atoms with Gasteiger partial charge in [0, 0.05) is 28.5 Å². The molecule has 0 radical (unpaired) electrons. The zero-order valence-corrected chi connectivity index (χ0v) is 35.8. The molecule has 1 spiro atoms. The number of aromatic nitrogens is 1. The maximum atomic E-state index is 13.9. The van der Waals surface area contributed by atoms with E-state index in [1.165, 1.54) is 6.07 Å². The van der Waals surface area contributed by atoms with Crippen LogP contribution in [0.1, 0.15) is 82.0 Å². The van der Waals surface area contributed by atoms with Crippen LogP contribution >= 0.6 is 36.2 Å². The summed E-state index contributed by atoms with van der Waals surface area (Å²) in [5.41, 5.74) is -0.601. The number of nitrogens with zero attached hydrogens (tertiary/aromatic N) is 5. The van der Waals surface area contributed by atoms with Crippen molar-refractivity contribution in [2.24, 2.45) is 5.92 Å². The molecule has 4 fully saturated rings. The van der Waals surface area contributed by atoms with Gasteiger partial charge in [0.15, 0.2) is 10.8 Å². The highest BCUT2D eigenvalue weighted by Crippen LogP contribution is 2.49. The van der Waals surface area contributed by atoms with E-state index < -0.39 is 46.9 Å². The monoisotopic (exact) mass is 900 g/mol. The molecule has 324 valence electrons. The summed E-state index contributed by atoms with van der Waals surface area (Å²) < 4.78 is 47.7. The van der Waals surface area contributed by atoms with Gasteiger partial charge in [-0.1, -0.05) is 18.5 Å². The smallest absolute Gasteiger partial charge is 0.419 e. The molecule has 4 aliphatic rings. The van der Waals surface area contributed by atoms with Crippen LogP contribution < -0.4 is 30.5 Å². The van der Waals surface area contributed by atoms with Crippen molar-refractivity contribution in [3.05, 3.63) is 70.5 Å². The fraction of sp³-hybridized carbons (Fsp3) is 0.452. The summed E-state index contributed by atoms with van der Waals surface area (Å²) in [6.45, 7) is 5.79. The Kier molecular flexibility index (Phi) is 13.8. The number of piperidine rings is 2. The molecule has 4 heterocycles. The number of halogens is 5. The molecule has 2 atom stereocenters. The number of imide groups is 1. The number of amides is 4. The SMILES string of the molecule is CCc1cc(N2C(=S)N(c3cnc(C#N)c(C(F)(F)F)c3)C(=O)C23CCC3)ccc1OCCC1CCN([C@@H](C)C(=O)Nc2cc(Cl)cc(NC3CCC(=O)NC3=O)c2)CC1.Cl. The Labute approximate surface area is 367 Å². The molecule has 4 amide bonds. The van der Waals surface area contributed by atoms with Gasteiger partial charge in [-0.05, 0) is 138 Å². The van der Waals surface area contributed by atoms with Crippen molar-refractivity contribution in [1.82, 2.24) is 15.2 Å². The number of rotatable bonds is 12. The molecule has 13 nitrogen and oxygen atoms in total. The molecular formula is C42H45Cl2F3N8O5S. The number of nitrogens with one attached hydrogen (secondary N) is 3. The number of likely N-dealkylation sites (tertiary alicyclic amines) is 1. The molecule has 1 unspecified atom stereocenters. The molecule has 1 aromatic heterocycles. The third kappa shape index (κ3) is 9.42. The van der Waals surface area contributed by atoms with Crippen LogP contribution in [0.4, 0.5) is 35.9 Å². The number of aryl methyl sites for hydroxylation is 1. The number of benzene rings is 2. The zero-order valence-electron chi connectivity index (χ0n) is 33.4. The van der Waals surface area contributed by atoms with E-state index in [-0.39, 0.29) is 41.4 Å². The van der Waals surface area contributed by atoms with Crippen molar-refractivity contribution in [3.8, 4) is 11.8 Å². The minimum absolute atomic E-state index is 0. The van der Waals surface area contributed by atoms with E-state index in [1.807, 2.05) is 32.0 Å². The normalized spacial score (nSPS) is 19.8. The van der Waals surface area contributed by atoms with Crippen molar-refractivity contribution in [3.63, 3.8) is 0 Å². The maximum Gasteiger partial charge on any atom is 0.419 e. The number of thiocarbonyl (C=S) groups is 1. The van der Waals surface area contributed by atoms with Crippen LogP contribution in [0.15, 0.2) is 48.7 Å². The predicted molar refractivity (Wildman–Crippen MR) is 230 cm³/mol. The first-order valence-electron chi connectivity index (χ1n) is 20.0. The van der Waals surface area contributed by atoms with Gasteiger partial charge in [0.1, 0.15) is 23.4 Å². The summed E-state index contributed by atoms with van der Waals surface area (Å²) in [6.07, 6.45) is 1.73. The lowest BCUT2D eigenvalue weighted by Gasteiger charge is -2.43. The van der Waals surface area contributed by atoms with Crippen LogP contribution in [-0.4, -0.2) is 75.9 Å². The highest BCUT2D eigenvalue weighted by molar-refractivity contribution is 7.81. The van der Waals surface area contributed by atoms with Gasteiger partial charge in [-0.3, -0.25) is 34.3 Å². The van der Waals surface area contributed by atoms with Crippen molar-refractivity contribution in [2.45, 2.75) is 95.4 Å². The van der Waals surface area contributed by atoms with E-state index in [4.69, 9.17) is 28.6 Å². The van der Waals surface area contributed by atoms with Gasteiger partial charge in [0.05, 0.1) is 30.1 Å². The van der Waals surface area contributed by atoms with Gasteiger partial charge in [-0.25, -0.2) is 4.98 Å². The van der Waals surface area contributed by atoms with Crippen LogP contribution in [0.25, 0.3) is 0 Å². The van der Waals surface area contributed by atoms with Crippen molar-refractivity contribution in [2.75, 3.05) is 40.1 Å². The molecule has 2 aromatic carbocycles. The lowest BCUT2D eigenvalue weighted by molar-refractivity contribution is -0.138. The molecule has 61 heavy (non-hydrogen) atoms. The van der Waals surface area contributed by atoms with Crippen LogP contribution in [0.5, 0.6) is 5.75 Å². The van der Waals surface area contributed by atoms with Crippen molar-refractivity contribution >= 4 is 87.7 Å². The second-order valence-corrected chi connectivity index (χ2v) is 16.4. The number of pyridine rings is 1. The topological polar surface area (TPSA) is 160 Å². The first-order chi connectivity index (χ1) is 28.6. The number of hydrogen-bond donors (Lipinski definition) is 3. The van der Waals surface area contributed by atoms with Crippen LogP contribution in [0.3, 0.4) is 0 Å². The Bertz CT molecular complexity index is 2260. The van der Waals surface area contributed by atoms with Gasteiger partial charge < -0.3 is 20.3 Å². The summed E-state index contributed by atoms with van der Waals surface area (Å²) in [5, 5.41) is 18.0. The molecule has 1 saturated carbocycles. The predicted octanol–water partition coefficient (Wildman–Crippen LogP) is 7.40. The van der Waals surface area contributed by atoms with Crippen molar-refractivity contribution in [1.29, 1.82) is 5.26 Å². The van der Waals surface area contributed by atoms with Crippen molar-refractivity contribution < 1.29 is 37.1 Å². The third-order valence-corrected chi connectivity index (χ3v) is 12.5. The van der Waals surface area contributed by atoms with E-state index >= 15 is 0 Å². The Morgan fingerprint density at radius 3 is 2.46 bits per heavy atom. The first kappa shape index (κ1) is 45.5.